The van der Waals surface area contributed by atoms with E-state index in [-0.39, 0.29) is 11.4 Å². The third-order valence-corrected chi connectivity index (χ3v) is 7.28. The molecule has 31 heavy (non-hydrogen) atoms. The van der Waals surface area contributed by atoms with Gasteiger partial charge < -0.3 is 10.2 Å². The number of piperidine rings is 1. The average Bonchev–Trinajstić information content (AvgIpc) is 3.17. The zero-order chi connectivity index (χ0) is 22.0. The number of alkyl halides is 3. The van der Waals surface area contributed by atoms with Crippen LogP contribution in [0.2, 0.25) is 0 Å². The van der Waals surface area contributed by atoms with E-state index >= 15 is 0 Å². The van der Waals surface area contributed by atoms with Crippen molar-refractivity contribution in [3.63, 3.8) is 0 Å². The Morgan fingerprint density at radius 2 is 2.00 bits per heavy atom. The Bertz CT molecular complexity index is 1080. The number of aromatic nitrogens is 3. The van der Waals surface area contributed by atoms with Crippen molar-refractivity contribution < 1.29 is 18.0 Å². The summed E-state index contributed by atoms with van der Waals surface area (Å²) in [4.78, 5) is 27.7. The van der Waals surface area contributed by atoms with Crippen LogP contribution in [0.5, 0.6) is 0 Å². The average molecular weight is 468 g/mol. The van der Waals surface area contributed by atoms with Crippen LogP contribution in [0.25, 0.3) is 10.3 Å². The third-order valence-electron chi connectivity index (χ3n) is 5.05. The molecule has 0 saturated carbocycles. The molecule has 1 aliphatic heterocycles. The number of benzene rings is 1. The molecule has 1 N–H and O–H groups in total. The molecule has 0 aliphatic carbocycles. The summed E-state index contributed by atoms with van der Waals surface area (Å²) in [6, 6.07) is 4.92. The predicted molar refractivity (Wildman–Crippen MR) is 117 cm³/mol. The van der Waals surface area contributed by atoms with E-state index in [0.717, 1.165) is 53.6 Å². The molecule has 0 spiro atoms. The summed E-state index contributed by atoms with van der Waals surface area (Å²) in [5, 5.41) is 3.83. The van der Waals surface area contributed by atoms with Gasteiger partial charge in [-0.1, -0.05) is 42.2 Å². The molecule has 0 radical (unpaired) electrons. The Morgan fingerprint density at radius 3 is 2.74 bits per heavy atom. The van der Waals surface area contributed by atoms with Gasteiger partial charge in [-0.2, -0.15) is 18.2 Å². The lowest BCUT2D eigenvalue weighted by Crippen LogP contribution is -2.32. The van der Waals surface area contributed by atoms with Crippen LogP contribution in [-0.2, 0) is 11.0 Å². The molecular weight excluding hydrogens is 447 g/mol. The number of para-hydroxylation sites is 1. The summed E-state index contributed by atoms with van der Waals surface area (Å²) in [6.07, 6.45) is -0.921. The van der Waals surface area contributed by atoms with Gasteiger partial charge in [0.05, 0.1) is 17.0 Å². The van der Waals surface area contributed by atoms with E-state index in [0.29, 0.717) is 16.6 Å². The molecule has 3 aromatic rings. The first-order valence-electron chi connectivity index (χ1n) is 9.76. The van der Waals surface area contributed by atoms with Crippen LogP contribution >= 0.6 is 23.1 Å². The van der Waals surface area contributed by atoms with Crippen molar-refractivity contribution in [1.29, 1.82) is 0 Å². The molecule has 3 heterocycles. The molecule has 0 unspecified atom stereocenters. The molecule has 1 saturated heterocycles. The minimum atomic E-state index is -4.54. The second-order valence-corrected chi connectivity index (χ2v) is 9.32. The summed E-state index contributed by atoms with van der Waals surface area (Å²) in [5.74, 6) is 0.0907. The molecule has 1 fully saturated rings. The fraction of sp³-hybridized carbons (Fsp3) is 0.400. The quantitative estimate of drug-likeness (QED) is 0.417. The van der Waals surface area contributed by atoms with Gasteiger partial charge in [-0.05, 0) is 30.9 Å². The highest BCUT2D eigenvalue weighted by Crippen LogP contribution is 2.36. The molecule has 2 aromatic heterocycles. The third kappa shape index (κ3) is 5.09. The first-order chi connectivity index (χ1) is 14.8. The molecule has 1 aliphatic rings. The molecule has 1 amide bonds. The lowest BCUT2D eigenvalue weighted by molar-refractivity contribution is -0.137. The van der Waals surface area contributed by atoms with E-state index in [9.17, 15) is 18.0 Å². The number of rotatable bonds is 5. The van der Waals surface area contributed by atoms with E-state index in [1.807, 2.05) is 0 Å². The number of nitrogens with zero attached hydrogens (tertiary/aromatic N) is 4. The van der Waals surface area contributed by atoms with Gasteiger partial charge in [-0.25, -0.2) is 9.97 Å². The van der Waals surface area contributed by atoms with E-state index in [1.165, 1.54) is 35.9 Å². The van der Waals surface area contributed by atoms with Crippen LogP contribution < -0.4 is 10.2 Å². The molecule has 11 heteroatoms. The Morgan fingerprint density at radius 1 is 1.26 bits per heavy atom. The number of thioether (sulfide) groups is 1. The molecular formula is C20H20F3N5OS2. The van der Waals surface area contributed by atoms with Crippen molar-refractivity contribution >= 4 is 50.2 Å². The van der Waals surface area contributed by atoms with Gasteiger partial charge in [0, 0.05) is 13.1 Å². The Balaban J connectivity index is 1.45. The minimum absolute atomic E-state index is 0.0766. The normalized spacial score (nSPS) is 15.4. The summed E-state index contributed by atoms with van der Waals surface area (Å²) >= 11 is 2.64. The number of fused-ring (bicyclic) bond motifs is 1. The summed E-state index contributed by atoms with van der Waals surface area (Å²) in [7, 11) is 0. The number of carbonyl (C=O) groups is 1. The van der Waals surface area contributed by atoms with E-state index < -0.39 is 17.6 Å². The van der Waals surface area contributed by atoms with Crippen LogP contribution in [-0.4, -0.2) is 39.7 Å². The number of hydrogen-bond donors (Lipinski definition) is 1. The maximum absolute atomic E-state index is 13.1. The number of hydrogen-bond acceptors (Lipinski definition) is 7. The van der Waals surface area contributed by atoms with Gasteiger partial charge in [0.25, 0.3) is 0 Å². The zero-order valence-corrected chi connectivity index (χ0v) is 18.3. The number of anilines is 2. The largest absolute Gasteiger partial charge is 0.418 e. The standard InChI is InChI=1S/C20H20F3N5OS2/c1-12-6-8-28(9-7-12)19-27-17-16(31-19)18(25-11-24-17)30-10-15(29)26-14-5-3-2-4-13(14)20(21,22)23/h2-5,11-12H,6-10H2,1H3,(H,26,29). The van der Waals surface area contributed by atoms with E-state index in [2.05, 4.69) is 32.1 Å². The van der Waals surface area contributed by atoms with Crippen molar-refractivity contribution in [2.24, 2.45) is 5.92 Å². The van der Waals surface area contributed by atoms with Crippen LogP contribution in [0.15, 0.2) is 35.6 Å². The molecule has 164 valence electrons. The number of thiazole rings is 1. The predicted octanol–water partition coefficient (Wildman–Crippen LogP) is 5.07. The Kier molecular flexibility index (Phi) is 6.33. The lowest BCUT2D eigenvalue weighted by atomic mass is 10.00. The Hall–Kier alpha value is -2.40. The van der Waals surface area contributed by atoms with Gasteiger partial charge in [0.1, 0.15) is 16.1 Å². The number of halogens is 3. The van der Waals surface area contributed by atoms with Crippen LogP contribution in [0.1, 0.15) is 25.3 Å². The number of carbonyl (C=O) groups excluding carboxylic acids is 1. The molecule has 0 bridgehead atoms. The fourth-order valence-electron chi connectivity index (χ4n) is 3.32. The molecule has 6 nitrogen and oxygen atoms in total. The van der Waals surface area contributed by atoms with Crippen molar-refractivity contribution in [3.8, 4) is 0 Å². The maximum atomic E-state index is 13.1. The number of amides is 1. The van der Waals surface area contributed by atoms with Crippen LogP contribution in [0.4, 0.5) is 24.0 Å². The van der Waals surface area contributed by atoms with Crippen molar-refractivity contribution in [3.05, 3.63) is 36.2 Å². The van der Waals surface area contributed by atoms with Crippen LogP contribution in [0, 0.1) is 5.92 Å². The second-order valence-electron chi connectivity index (χ2n) is 7.38. The first kappa shape index (κ1) is 21.8. The molecule has 4 rings (SSSR count). The second kappa shape index (κ2) is 8.99. The highest BCUT2D eigenvalue weighted by Gasteiger charge is 2.33. The Labute approximate surface area is 185 Å². The van der Waals surface area contributed by atoms with Crippen molar-refractivity contribution in [2.45, 2.75) is 31.0 Å². The maximum Gasteiger partial charge on any atom is 0.418 e. The van der Waals surface area contributed by atoms with E-state index in [4.69, 9.17) is 0 Å². The number of nitrogens with one attached hydrogen (secondary N) is 1. The van der Waals surface area contributed by atoms with Gasteiger partial charge in [-0.15, -0.1) is 0 Å². The lowest BCUT2D eigenvalue weighted by Gasteiger charge is -2.29. The monoisotopic (exact) mass is 467 g/mol. The van der Waals surface area contributed by atoms with Crippen molar-refractivity contribution in [2.75, 3.05) is 29.1 Å². The zero-order valence-electron chi connectivity index (χ0n) is 16.6. The summed E-state index contributed by atoms with van der Waals surface area (Å²) in [6.45, 7) is 4.13. The van der Waals surface area contributed by atoms with Gasteiger partial charge in [0.2, 0.25) is 5.91 Å². The minimum Gasteiger partial charge on any atom is -0.348 e. The smallest absolute Gasteiger partial charge is 0.348 e. The summed E-state index contributed by atoms with van der Waals surface area (Å²) < 4.78 is 40.1. The highest BCUT2D eigenvalue weighted by atomic mass is 32.2. The SMILES string of the molecule is CC1CCN(c2nc3ncnc(SCC(=O)Nc4ccccc4C(F)(F)F)c3s2)CC1. The highest BCUT2D eigenvalue weighted by molar-refractivity contribution is 8.00. The molecule has 0 atom stereocenters. The van der Waals surface area contributed by atoms with Crippen molar-refractivity contribution in [1.82, 2.24) is 15.0 Å². The van der Waals surface area contributed by atoms with Gasteiger partial charge in [-0.3, -0.25) is 4.79 Å². The topological polar surface area (TPSA) is 71.0 Å². The van der Waals surface area contributed by atoms with Gasteiger partial charge in [0.15, 0.2) is 10.8 Å². The first-order valence-corrected chi connectivity index (χ1v) is 11.6. The fourth-order valence-corrected chi connectivity index (χ4v) is 5.26. The molecule has 1 aromatic carbocycles. The van der Waals surface area contributed by atoms with Crippen LogP contribution in [0.3, 0.4) is 0 Å². The van der Waals surface area contributed by atoms with E-state index in [1.54, 1.807) is 0 Å². The van der Waals surface area contributed by atoms with Gasteiger partial charge >= 0.3 is 6.18 Å². The summed E-state index contributed by atoms with van der Waals surface area (Å²) in [5.41, 5.74) is -0.562.